The number of ether oxygens (including phenoxy) is 2. The Balaban J connectivity index is 2.65. The van der Waals surface area contributed by atoms with Gasteiger partial charge in [-0.05, 0) is 78.9 Å². The first-order chi connectivity index (χ1) is 23.3. The maximum atomic E-state index is 14.7. The normalized spacial score (nSPS) is 13.6. The molecule has 2 aromatic carbocycles. The lowest BCUT2D eigenvalue weighted by molar-refractivity contribution is -0.159. The average Bonchev–Trinajstić information content (AvgIpc) is 2.98. The molecule has 9 heteroatoms. The van der Waals surface area contributed by atoms with Crippen LogP contribution in [0.15, 0.2) is 48.5 Å². The molecule has 0 aliphatic carbocycles. The minimum Gasteiger partial charge on any atom is -0.458 e. The molecule has 0 saturated carbocycles. The summed E-state index contributed by atoms with van der Waals surface area (Å²) in [7, 11) is 0. The Bertz CT molecular complexity index is 1370. The van der Waals surface area contributed by atoms with Crippen LogP contribution in [0, 0.1) is 19.8 Å². The van der Waals surface area contributed by atoms with E-state index in [1.165, 1.54) is 0 Å². The van der Waals surface area contributed by atoms with E-state index >= 15 is 0 Å². The zero-order valence-corrected chi connectivity index (χ0v) is 32.5. The third-order valence-electron chi connectivity index (χ3n) is 8.05. The summed E-state index contributed by atoms with van der Waals surface area (Å²) in [6.07, 6.45) is 5.42. The lowest BCUT2D eigenvalue weighted by atomic mass is 9.95. The van der Waals surface area contributed by atoms with Crippen LogP contribution in [0.3, 0.4) is 0 Å². The number of unbranched alkanes of at least 4 members (excludes halogenated alkanes) is 5. The number of nitrogens with zero attached hydrogens (tertiary/aromatic N) is 1. The fourth-order valence-corrected chi connectivity index (χ4v) is 5.86. The highest BCUT2D eigenvalue weighted by molar-refractivity contribution is 5.94. The summed E-state index contributed by atoms with van der Waals surface area (Å²) < 4.78 is 11.3. The molecule has 50 heavy (non-hydrogen) atoms. The van der Waals surface area contributed by atoms with Gasteiger partial charge >= 0.3 is 12.1 Å². The van der Waals surface area contributed by atoms with Crippen molar-refractivity contribution in [3.05, 3.63) is 70.8 Å². The van der Waals surface area contributed by atoms with Gasteiger partial charge in [-0.2, -0.15) is 0 Å². The standard InChI is InChI=1S/C41H63N3O6/c1-12-13-14-15-16-20-23-44(37(46)34(28(2)3)43-39(48)50-41(9,10)11)35(32-25-29(4)24-30(5)26-32)36(45)42-33(38(47)49-40(6,7)8)27-31-21-18-17-19-22-31/h17-19,21-22,24-26,28,33-35H,12-16,20,23,27H2,1-11H3,(H,42,45)(H,43,48). The van der Waals surface area contributed by atoms with E-state index in [0.717, 1.165) is 48.8 Å². The molecule has 3 atom stereocenters. The topological polar surface area (TPSA) is 114 Å². The first-order valence-electron chi connectivity index (χ1n) is 18.3. The van der Waals surface area contributed by atoms with E-state index in [2.05, 4.69) is 17.6 Å². The molecule has 2 aromatic rings. The second kappa shape index (κ2) is 19.5. The number of alkyl carbamates (subject to hydrolysis) is 1. The molecule has 0 aromatic heterocycles. The lowest BCUT2D eigenvalue weighted by Crippen LogP contribution is -2.56. The van der Waals surface area contributed by atoms with Crippen molar-refractivity contribution < 1.29 is 28.7 Å². The van der Waals surface area contributed by atoms with Crippen molar-refractivity contribution in [1.82, 2.24) is 15.5 Å². The van der Waals surface area contributed by atoms with Gasteiger partial charge in [-0.1, -0.05) is 113 Å². The molecule has 0 fully saturated rings. The van der Waals surface area contributed by atoms with Crippen LogP contribution in [0.1, 0.15) is 129 Å². The Hall–Kier alpha value is -3.88. The second-order valence-corrected chi connectivity index (χ2v) is 15.8. The van der Waals surface area contributed by atoms with Crippen molar-refractivity contribution in [3.63, 3.8) is 0 Å². The number of esters is 1. The fourth-order valence-electron chi connectivity index (χ4n) is 5.86. The van der Waals surface area contributed by atoms with Gasteiger partial charge in [-0.25, -0.2) is 9.59 Å². The summed E-state index contributed by atoms with van der Waals surface area (Å²) in [5, 5.41) is 5.80. The maximum absolute atomic E-state index is 14.7. The van der Waals surface area contributed by atoms with Gasteiger partial charge in [0.1, 0.15) is 29.3 Å². The molecule has 2 rings (SSSR count). The minimum absolute atomic E-state index is 0.210. The summed E-state index contributed by atoms with van der Waals surface area (Å²) in [5.74, 6) is -1.76. The van der Waals surface area contributed by atoms with Crippen molar-refractivity contribution in [3.8, 4) is 0 Å². The van der Waals surface area contributed by atoms with E-state index < -0.39 is 53.2 Å². The van der Waals surface area contributed by atoms with Crippen LogP contribution in [0.25, 0.3) is 0 Å². The SMILES string of the molecule is CCCCCCCCN(C(=O)C(NC(=O)OC(C)(C)C)C(C)C)C(C(=O)NC(Cc1ccccc1)C(=O)OC(C)(C)C)c1cc(C)cc(C)c1. The molecule has 3 amide bonds. The van der Waals surface area contributed by atoms with Crippen molar-refractivity contribution in [1.29, 1.82) is 0 Å². The van der Waals surface area contributed by atoms with Crippen LogP contribution in [-0.2, 0) is 30.3 Å². The van der Waals surface area contributed by atoms with Crippen LogP contribution < -0.4 is 10.6 Å². The average molecular weight is 694 g/mol. The van der Waals surface area contributed by atoms with Crippen LogP contribution in [0.5, 0.6) is 0 Å². The molecule has 0 spiro atoms. The van der Waals surface area contributed by atoms with Crippen molar-refractivity contribution in [2.24, 2.45) is 5.92 Å². The quantitative estimate of drug-likeness (QED) is 0.128. The third-order valence-corrected chi connectivity index (χ3v) is 8.05. The van der Waals surface area contributed by atoms with E-state index in [0.29, 0.717) is 12.0 Å². The van der Waals surface area contributed by atoms with Gasteiger partial charge in [-0.3, -0.25) is 9.59 Å². The molecule has 0 heterocycles. The van der Waals surface area contributed by atoms with Crippen LogP contribution in [0.2, 0.25) is 0 Å². The highest BCUT2D eigenvalue weighted by Gasteiger charge is 2.39. The molecular weight excluding hydrogens is 630 g/mol. The number of hydrogen-bond acceptors (Lipinski definition) is 6. The van der Waals surface area contributed by atoms with E-state index in [1.54, 1.807) is 46.4 Å². The Morgan fingerprint density at radius 1 is 0.760 bits per heavy atom. The summed E-state index contributed by atoms with van der Waals surface area (Å²) in [6.45, 7) is 20.7. The zero-order valence-electron chi connectivity index (χ0n) is 32.5. The van der Waals surface area contributed by atoms with Crippen molar-refractivity contribution in [2.45, 2.75) is 150 Å². The van der Waals surface area contributed by atoms with E-state index in [1.807, 2.05) is 76.2 Å². The van der Waals surface area contributed by atoms with Crippen LogP contribution in [0.4, 0.5) is 4.79 Å². The predicted molar refractivity (Wildman–Crippen MR) is 200 cm³/mol. The first-order valence-corrected chi connectivity index (χ1v) is 18.3. The molecule has 0 aliphatic heterocycles. The number of carbonyl (C=O) groups excluding carboxylic acids is 4. The number of hydrogen-bond donors (Lipinski definition) is 2. The van der Waals surface area contributed by atoms with Gasteiger partial charge in [0.2, 0.25) is 11.8 Å². The molecule has 0 saturated heterocycles. The highest BCUT2D eigenvalue weighted by Crippen LogP contribution is 2.27. The third kappa shape index (κ3) is 14.9. The summed E-state index contributed by atoms with van der Waals surface area (Å²) >= 11 is 0. The number of rotatable bonds is 17. The van der Waals surface area contributed by atoms with Gasteiger partial charge in [0.05, 0.1) is 0 Å². The van der Waals surface area contributed by atoms with Gasteiger partial charge in [-0.15, -0.1) is 0 Å². The number of carbonyl (C=O) groups is 4. The van der Waals surface area contributed by atoms with E-state index in [-0.39, 0.29) is 18.9 Å². The molecule has 2 N–H and O–H groups in total. The monoisotopic (exact) mass is 693 g/mol. The molecule has 0 radical (unpaired) electrons. The molecular formula is C41H63N3O6. The molecule has 0 bridgehead atoms. The zero-order chi connectivity index (χ0) is 37.6. The highest BCUT2D eigenvalue weighted by atomic mass is 16.6. The van der Waals surface area contributed by atoms with Gasteiger partial charge in [0, 0.05) is 13.0 Å². The number of amides is 3. The Kier molecular flexibility index (Phi) is 16.5. The van der Waals surface area contributed by atoms with Gasteiger partial charge in [0.15, 0.2) is 0 Å². The number of benzene rings is 2. The minimum atomic E-state index is -1.08. The predicted octanol–water partition coefficient (Wildman–Crippen LogP) is 8.15. The number of aryl methyl sites for hydroxylation is 2. The molecule has 0 aliphatic rings. The summed E-state index contributed by atoms with van der Waals surface area (Å²) in [6, 6.07) is 12.2. The second-order valence-electron chi connectivity index (χ2n) is 15.8. The molecule has 278 valence electrons. The Labute approximate surface area is 301 Å². The maximum Gasteiger partial charge on any atom is 0.408 e. The largest absolute Gasteiger partial charge is 0.458 e. The van der Waals surface area contributed by atoms with Gasteiger partial charge in [0.25, 0.3) is 0 Å². The summed E-state index contributed by atoms with van der Waals surface area (Å²) in [5.41, 5.74) is 1.82. The Morgan fingerprint density at radius 3 is 1.86 bits per heavy atom. The lowest BCUT2D eigenvalue weighted by Gasteiger charge is -2.36. The fraction of sp³-hybridized carbons (Fsp3) is 0.610. The van der Waals surface area contributed by atoms with Crippen molar-refractivity contribution >= 4 is 23.9 Å². The van der Waals surface area contributed by atoms with E-state index in [4.69, 9.17) is 9.47 Å². The van der Waals surface area contributed by atoms with Crippen LogP contribution in [-0.4, -0.2) is 58.6 Å². The smallest absolute Gasteiger partial charge is 0.408 e. The van der Waals surface area contributed by atoms with Gasteiger partial charge < -0.3 is 25.0 Å². The van der Waals surface area contributed by atoms with Crippen molar-refractivity contribution in [2.75, 3.05) is 6.54 Å². The molecule has 9 nitrogen and oxygen atoms in total. The van der Waals surface area contributed by atoms with E-state index in [9.17, 15) is 19.2 Å². The van der Waals surface area contributed by atoms with Crippen LogP contribution >= 0.6 is 0 Å². The Morgan fingerprint density at radius 2 is 1.32 bits per heavy atom. The summed E-state index contributed by atoms with van der Waals surface area (Å²) in [4.78, 5) is 57.7. The first kappa shape index (κ1) is 42.3. The molecule has 3 unspecified atom stereocenters. The number of nitrogens with one attached hydrogen (secondary N) is 2.